The minimum atomic E-state index is 0.0238. The molecule has 21 heavy (non-hydrogen) atoms. The number of carbonyl (C=O) groups is 1. The van der Waals surface area contributed by atoms with E-state index in [4.69, 9.17) is 5.73 Å². The topological polar surface area (TPSA) is 67.1 Å². The van der Waals surface area contributed by atoms with Crippen molar-refractivity contribution >= 4 is 5.91 Å². The Kier molecular flexibility index (Phi) is 5.17. The number of hydrogen-bond acceptors (Lipinski definition) is 3. The molecule has 4 heteroatoms. The van der Waals surface area contributed by atoms with Crippen LogP contribution in [0.5, 0.6) is 0 Å². The van der Waals surface area contributed by atoms with Gasteiger partial charge in [-0.3, -0.25) is 4.79 Å². The van der Waals surface area contributed by atoms with Crippen LogP contribution in [-0.2, 0) is 4.79 Å². The molecule has 3 rings (SSSR count). The first-order valence-corrected chi connectivity index (χ1v) is 9.04. The van der Waals surface area contributed by atoms with Crippen LogP contribution in [0.1, 0.15) is 64.2 Å². The summed E-state index contributed by atoms with van der Waals surface area (Å²) in [5, 5.41) is 6.83. The maximum Gasteiger partial charge on any atom is 0.237 e. The molecule has 4 N–H and O–H groups in total. The third-order valence-electron chi connectivity index (χ3n) is 5.98. The van der Waals surface area contributed by atoms with Crippen LogP contribution in [-0.4, -0.2) is 30.6 Å². The van der Waals surface area contributed by atoms with Crippen LogP contribution in [0.3, 0.4) is 0 Å². The zero-order valence-corrected chi connectivity index (χ0v) is 13.2. The van der Waals surface area contributed by atoms with Gasteiger partial charge in [0.15, 0.2) is 0 Å². The third kappa shape index (κ3) is 3.59. The smallest absolute Gasteiger partial charge is 0.237 e. The highest BCUT2D eigenvalue weighted by Gasteiger charge is 2.39. The summed E-state index contributed by atoms with van der Waals surface area (Å²) in [7, 11) is 0. The lowest BCUT2D eigenvalue weighted by Crippen LogP contribution is -2.51. The molecule has 1 amide bonds. The van der Waals surface area contributed by atoms with Gasteiger partial charge >= 0.3 is 0 Å². The quantitative estimate of drug-likeness (QED) is 0.742. The number of nitrogens with one attached hydrogen (secondary N) is 2. The van der Waals surface area contributed by atoms with Gasteiger partial charge in [-0.25, -0.2) is 0 Å². The monoisotopic (exact) mass is 293 g/mol. The summed E-state index contributed by atoms with van der Waals surface area (Å²) in [5.41, 5.74) is 5.93. The Hall–Kier alpha value is -0.610. The van der Waals surface area contributed by atoms with Gasteiger partial charge in [0.05, 0.1) is 6.04 Å². The Labute approximate surface area is 128 Å². The summed E-state index contributed by atoms with van der Waals surface area (Å²) in [4.78, 5) is 12.6. The van der Waals surface area contributed by atoms with E-state index < -0.39 is 0 Å². The summed E-state index contributed by atoms with van der Waals surface area (Å²) in [6, 6.07) is 0.790. The van der Waals surface area contributed by atoms with Crippen molar-refractivity contribution in [3.05, 3.63) is 0 Å². The fourth-order valence-corrected chi connectivity index (χ4v) is 4.71. The summed E-state index contributed by atoms with van der Waals surface area (Å²) in [5.74, 6) is 1.52. The molecule has 2 saturated carbocycles. The largest absolute Gasteiger partial charge is 0.350 e. The van der Waals surface area contributed by atoms with Gasteiger partial charge in [-0.2, -0.15) is 0 Å². The lowest BCUT2D eigenvalue weighted by atomic mass is 9.83. The maximum atomic E-state index is 12.6. The molecule has 0 aromatic rings. The normalized spacial score (nSPS) is 35.2. The minimum Gasteiger partial charge on any atom is -0.350 e. The highest BCUT2D eigenvalue weighted by Crippen LogP contribution is 2.33. The average molecular weight is 293 g/mol. The van der Waals surface area contributed by atoms with Gasteiger partial charge in [0, 0.05) is 18.6 Å². The highest BCUT2D eigenvalue weighted by atomic mass is 16.2. The molecule has 0 bridgehead atoms. The molecule has 2 aliphatic carbocycles. The second-order valence-corrected chi connectivity index (χ2v) is 7.35. The molecule has 4 atom stereocenters. The van der Waals surface area contributed by atoms with Crippen molar-refractivity contribution < 1.29 is 4.79 Å². The standard InChI is InChI=1S/C17H31N3O/c18-11-16(12-6-2-1-3-7-12)20-17(21)15-10-13-8-4-5-9-14(13)19-15/h12-16,19H,1-11,18H2,(H,20,21). The molecule has 4 nitrogen and oxygen atoms in total. The highest BCUT2D eigenvalue weighted by molar-refractivity contribution is 5.82. The van der Waals surface area contributed by atoms with Crippen LogP contribution >= 0.6 is 0 Å². The van der Waals surface area contributed by atoms with E-state index in [0.29, 0.717) is 18.5 Å². The lowest BCUT2D eigenvalue weighted by Gasteiger charge is -2.31. The van der Waals surface area contributed by atoms with Crippen LogP contribution in [0, 0.1) is 11.8 Å². The van der Waals surface area contributed by atoms with Crippen LogP contribution in [0.2, 0.25) is 0 Å². The van der Waals surface area contributed by atoms with E-state index in [1.165, 1.54) is 57.8 Å². The van der Waals surface area contributed by atoms with E-state index >= 15 is 0 Å². The zero-order valence-electron chi connectivity index (χ0n) is 13.2. The van der Waals surface area contributed by atoms with Crippen LogP contribution in [0.15, 0.2) is 0 Å². The fourth-order valence-electron chi connectivity index (χ4n) is 4.71. The Morgan fingerprint density at radius 2 is 1.81 bits per heavy atom. The summed E-state index contributed by atoms with van der Waals surface area (Å²) in [6.45, 7) is 0.579. The van der Waals surface area contributed by atoms with Crippen molar-refractivity contribution in [3.63, 3.8) is 0 Å². The number of hydrogen-bond donors (Lipinski definition) is 3. The molecule has 3 fully saturated rings. The van der Waals surface area contributed by atoms with E-state index in [1.807, 2.05) is 0 Å². The fraction of sp³-hybridized carbons (Fsp3) is 0.941. The van der Waals surface area contributed by atoms with Crippen molar-refractivity contribution in [1.82, 2.24) is 10.6 Å². The zero-order chi connectivity index (χ0) is 14.7. The molecule has 0 aromatic heterocycles. The van der Waals surface area contributed by atoms with Crippen LogP contribution < -0.4 is 16.4 Å². The molecule has 0 radical (unpaired) electrons. The van der Waals surface area contributed by atoms with E-state index in [2.05, 4.69) is 10.6 Å². The molecule has 0 spiro atoms. The van der Waals surface area contributed by atoms with Crippen LogP contribution in [0.25, 0.3) is 0 Å². The Balaban J connectivity index is 1.52. The summed E-state index contributed by atoms with van der Waals surface area (Å²) in [6.07, 6.45) is 12.6. The van der Waals surface area contributed by atoms with Crippen molar-refractivity contribution in [2.24, 2.45) is 17.6 Å². The molecule has 3 aliphatic rings. The Bertz CT molecular complexity index is 340. The summed E-state index contributed by atoms with van der Waals surface area (Å²) < 4.78 is 0. The maximum absolute atomic E-state index is 12.6. The molecule has 0 aromatic carbocycles. The number of fused-ring (bicyclic) bond motifs is 1. The molecule has 1 heterocycles. The van der Waals surface area contributed by atoms with Crippen LogP contribution in [0.4, 0.5) is 0 Å². The Morgan fingerprint density at radius 3 is 2.52 bits per heavy atom. The first kappa shape index (κ1) is 15.3. The second-order valence-electron chi connectivity index (χ2n) is 7.35. The number of nitrogens with two attached hydrogens (primary N) is 1. The first-order chi connectivity index (χ1) is 10.3. The molecular weight excluding hydrogens is 262 g/mol. The molecular formula is C17H31N3O. The SMILES string of the molecule is NCC(NC(=O)C1CC2CCCCC2N1)C1CCCCC1. The predicted molar refractivity (Wildman–Crippen MR) is 84.8 cm³/mol. The van der Waals surface area contributed by atoms with Gasteiger partial charge in [-0.1, -0.05) is 32.1 Å². The number of rotatable bonds is 4. The van der Waals surface area contributed by atoms with Crippen molar-refractivity contribution in [1.29, 1.82) is 0 Å². The van der Waals surface area contributed by atoms with E-state index in [9.17, 15) is 4.79 Å². The van der Waals surface area contributed by atoms with Gasteiger partial charge < -0.3 is 16.4 Å². The minimum absolute atomic E-state index is 0.0238. The lowest BCUT2D eigenvalue weighted by molar-refractivity contribution is -0.124. The van der Waals surface area contributed by atoms with Gasteiger partial charge in [0.25, 0.3) is 0 Å². The third-order valence-corrected chi connectivity index (χ3v) is 5.98. The van der Waals surface area contributed by atoms with E-state index in [1.54, 1.807) is 0 Å². The first-order valence-electron chi connectivity index (χ1n) is 9.04. The van der Waals surface area contributed by atoms with Gasteiger partial charge in [0.1, 0.15) is 0 Å². The molecule has 1 saturated heterocycles. The molecule has 120 valence electrons. The van der Waals surface area contributed by atoms with Gasteiger partial charge in [0.2, 0.25) is 5.91 Å². The number of carbonyl (C=O) groups excluding carboxylic acids is 1. The van der Waals surface area contributed by atoms with E-state index in [0.717, 1.165) is 12.3 Å². The van der Waals surface area contributed by atoms with Crippen molar-refractivity contribution in [3.8, 4) is 0 Å². The van der Waals surface area contributed by atoms with Gasteiger partial charge in [-0.15, -0.1) is 0 Å². The van der Waals surface area contributed by atoms with E-state index in [-0.39, 0.29) is 18.0 Å². The van der Waals surface area contributed by atoms with Crippen molar-refractivity contribution in [2.75, 3.05) is 6.54 Å². The molecule has 4 unspecified atom stereocenters. The molecule has 1 aliphatic heterocycles. The second kappa shape index (κ2) is 7.10. The average Bonchev–Trinajstić information content (AvgIpc) is 2.97. The van der Waals surface area contributed by atoms with Gasteiger partial charge in [-0.05, 0) is 43.9 Å². The number of amides is 1. The summed E-state index contributed by atoms with van der Waals surface area (Å²) >= 11 is 0. The predicted octanol–water partition coefficient (Wildman–Crippen LogP) is 1.93. The Morgan fingerprint density at radius 1 is 1.10 bits per heavy atom. The van der Waals surface area contributed by atoms with Crippen molar-refractivity contribution in [2.45, 2.75) is 82.3 Å².